The number of cyclic esters (lactones) is 1. The molecule has 4 aliphatic heterocycles. The fourth-order valence-corrected chi connectivity index (χ4v) is 6.90. The normalized spacial score (nSPS) is 55.5. The molecule has 0 N–H and O–H groups in total. The van der Waals surface area contributed by atoms with Crippen molar-refractivity contribution in [1.82, 2.24) is 0 Å². The molecule has 2 spiro atoms. The molecule has 9 atom stereocenters. The number of hydrogen-bond donors (Lipinski definition) is 0. The molecular weight excluding hydrogens is 336 g/mol. The van der Waals surface area contributed by atoms with Crippen molar-refractivity contribution >= 4 is 5.97 Å². The average molecular weight is 356 g/mol. The Morgan fingerprint density at radius 2 is 2.12 bits per heavy atom. The zero-order valence-corrected chi connectivity index (χ0v) is 14.4. The summed E-state index contributed by atoms with van der Waals surface area (Å²) in [4.78, 5) is 12.4. The Labute approximate surface area is 150 Å². The monoisotopic (exact) mass is 356 g/mol. The minimum Gasteiger partial charge on any atom is -0.472 e. The molecule has 0 radical (unpaired) electrons. The first-order valence-electron chi connectivity index (χ1n) is 9.51. The number of hydrogen-bond acceptors (Lipinski definition) is 6. The van der Waals surface area contributed by atoms with Crippen LogP contribution in [-0.4, -0.2) is 37.2 Å². The van der Waals surface area contributed by atoms with Gasteiger partial charge in [-0.3, -0.25) is 0 Å². The molecule has 9 unspecified atom stereocenters. The Morgan fingerprint density at radius 1 is 1.19 bits per heavy atom. The van der Waals surface area contributed by atoms with Gasteiger partial charge in [-0.1, -0.05) is 6.92 Å². The van der Waals surface area contributed by atoms with E-state index in [-0.39, 0.29) is 53.4 Å². The molecule has 4 saturated heterocycles. The summed E-state index contributed by atoms with van der Waals surface area (Å²) in [5.74, 6) is 0.387. The summed E-state index contributed by atoms with van der Waals surface area (Å²) in [6, 6.07) is 1.97. The van der Waals surface area contributed by atoms with Gasteiger partial charge in [-0.15, -0.1) is 0 Å². The lowest BCUT2D eigenvalue weighted by molar-refractivity contribution is -0.151. The quantitative estimate of drug-likeness (QED) is 0.568. The van der Waals surface area contributed by atoms with E-state index in [1.54, 1.807) is 12.5 Å². The second-order valence-electron chi connectivity index (χ2n) is 8.85. The van der Waals surface area contributed by atoms with Crippen LogP contribution >= 0.6 is 0 Å². The van der Waals surface area contributed by atoms with Crippen LogP contribution in [0.4, 0.5) is 0 Å². The van der Waals surface area contributed by atoms with E-state index in [9.17, 15) is 4.79 Å². The highest BCUT2D eigenvalue weighted by atomic mass is 16.7. The minimum atomic E-state index is -0.282. The predicted molar refractivity (Wildman–Crippen MR) is 85.7 cm³/mol. The Kier molecular flexibility index (Phi) is 2.37. The van der Waals surface area contributed by atoms with E-state index < -0.39 is 0 Å². The number of esters is 1. The molecule has 5 fully saturated rings. The molecule has 6 aliphatic rings. The first-order chi connectivity index (χ1) is 12.6. The molecule has 2 aliphatic carbocycles. The van der Waals surface area contributed by atoms with Crippen molar-refractivity contribution in [1.29, 1.82) is 0 Å². The van der Waals surface area contributed by atoms with Crippen molar-refractivity contribution in [2.75, 3.05) is 6.61 Å². The number of epoxide rings is 1. The predicted octanol–water partition coefficient (Wildman–Crippen LogP) is 2.36. The van der Waals surface area contributed by atoms with Crippen molar-refractivity contribution in [3.05, 3.63) is 35.8 Å². The molecule has 1 saturated carbocycles. The summed E-state index contributed by atoms with van der Waals surface area (Å²) in [5.41, 5.74) is 1.44. The molecule has 7 rings (SSSR count). The maximum atomic E-state index is 12.4. The maximum absolute atomic E-state index is 12.4. The molecule has 0 amide bonds. The smallest absolute Gasteiger partial charge is 0.334 e. The van der Waals surface area contributed by atoms with Gasteiger partial charge in [0.15, 0.2) is 6.29 Å². The summed E-state index contributed by atoms with van der Waals surface area (Å²) in [7, 11) is 0. The van der Waals surface area contributed by atoms with Crippen molar-refractivity contribution in [3.8, 4) is 0 Å². The average Bonchev–Trinajstić information content (AvgIpc) is 2.93. The third kappa shape index (κ3) is 1.40. The van der Waals surface area contributed by atoms with Crippen LogP contribution in [0, 0.1) is 22.7 Å². The number of fused-ring (bicyclic) bond motifs is 3. The first-order valence-corrected chi connectivity index (χ1v) is 9.51. The van der Waals surface area contributed by atoms with E-state index in [0.29, 0.717) is 12.5 Å². The highest BCUT2D eigenvalue weighted by Gasteiger charge is 2.79. The maximum Gasteiger partial charge on any atom is 0.334 e. The van der Waals surface area contributed by atoms with Crippen LogP contribution < -0.4 is 0 Å². The van der Waals surface area contributed by atoms with Crippen molar-refractivity contribution in [3.63, 3.8) is 0 Å². The molecule has 2 bridgehead atoms. The summed E-state index contributed by atoms with van der Waals surface area (Å²) < 4.78 is 29.7. The fourth-order valence-electron chi connectivity index (χ4n) is 6.90. The van der Waals surface area contributed by atoms with Gasteiger partial charge in [-0.05, 0) is 30.9 Å². The summed E-state index contributed by atoms with van der Waals surface area (Å²) in [6.45, 7) is 2.73. The van der Waals surface area contributed by atoms with E-state index in [1.165, 1.54) is 0 Å². The molecule has 6 nitrogen and oxygen atoms in total. The van der Waals surface area contributed by atoms with Gasteiger partial charge >= 0.3 is 5.97 Å². The number of furan rings is 1. The zero-order chi connectivity index (χ0) is 17.3. The highest BCUT2D eigenvalue weighted by molar-refractivity contribution is 5.93. The van der Waals surface area contributed by atoms with Gasteiger partial charge in [-0.25, -0.2) is 4.79 Å². The standard InChI is InChI=1S/C20H20O6/c1-9-13-5-19-8-23-17(21)11(19)4-12-15(24-12)16(19)20(9)6-14(26-18(20)25-13)10-2-3-22-7-10/h2-4,7,9,12-16,18H,5-6,8H2,1H3. The molecule has 26 heavy (non-hydrogen) atoms. The number of carbonyl (C=O) groups excluding carboxylic acids is 1. The molecule has 136 valence electrons. The number of ether oxygens (including phenoxy) is 4. The van der Waals surface area contributed by atoms with E-state index in [4.69, 9.17) is 23.4 Å². The lowest BCUT2D eigenvalue weighted by Crippen LogP contribution is -2.57. The first kappa shape index (κ1) is 14.4. The summed E-state index contributed by atoms with van der Waals surface area (Å²) in [6.07, 6.45) is 7.13. The zero-order valence-electron chi connectivity index (χ0n) is 14.4. The lowest BCUT2D eigenvalue weighted by Gasteiger charge is -2.52. The molecule has 1 aromatic rings. The Morgan fingerprint density at radius 3 is 2.96 bits per heavy atom. The molecular formula is C20H20O6. The van der Waals surface area contributed by atoms with E-state index >= 15 is 0 Å². The van der Waals surface area contributed by atoms with Crippen LogP contribution in [0.1, 0.15) is 31.4 Å². The Hall–Kier alpha value is -1.63. The van der Waals surface area contributed by atoms with Gasteiger partial charge in [0, 0.05) is 27.9 Å². The Bertz CT molecular complexity index is 844. The van der Waals surface area contributed by atoms with Gasteiger partial charge in [0.1, 0.15) is 12.7 Å². The van der Waals surface area contributed by atoms with E-state index in [2.05, 4.69) is 6.92 Å². The number of rotatable bonds is 1. The second kappa shape index (κ2) is 4.26. The number of carbonyl (C=O) groups is 1. The minimum absolute atomic E-state index is 0.0399. The van der Waals surface area contributed by atoms with E-state index in [0.717, 1.165) is 24.0 Å². The molecule has 0 aromatic carbocycles. The van der Waals surface area contributed by atoms with Gasteiger partial charge < -0.3 is 23.4 Å². The Balaban J connectivity index is 1.40. The van der Waals surface area contributed by atoms with Crippen LogP contribution in [0.3, 0.4) is 0 Å². The van der Waals surface area contributed by atoms with Gasteiger partial charge in [0.05, 0.1) is 30.8 Å². The van der Waals surface area contributed by atoms with Crippen LogP contribution in [0.15, 0.2) is 34.7 Å². The third-order valence-corrected chi connectivity index (χ3v) is 8.06. The molecule has 5 heterocycles. The van der Waals surface area contributed by atoms with E-state index in [1.807, 2.05) is 12.1 Å². The summed E-state index contributed by atoms with van der Waals surface area (Å²) in [5, 5.41) is 0. The lowest BCUT2D eigenvalue weighted by atomic mass is 9.46. The fraction of sp³-hybridized carbons (Fsp3) is 0.650. The second-order valence-corrected chi connectivity index (χ2v) is 8.85. The van der Waals surface area contributed by atoms with Gasteiger partial charge in [-0.2, -0.15) is 0 Å². The topological polar surface area (TPSA) is 70.4 Å². The van der Waals surface area contributed by atoms with Crippen LogP contribution in [-0.2, 0) is 23.7 Å². The summed E-state index contributed by atoms with van der Waals surface area (Å²) >= 11 is 0. The van der Waals surface area contributed by atoms with Crippen LogP contribution in [0.2, 0.25) is 0 Å². The van der Waals surface area contributed by atoms with Gasteiger partial charge in [0.25, 0.3) is 0 Å². The molecule has 6 heteroatoms. The third-order valence-electron chi connectivity index (χ3n) is 8.06. The SMILES string of the molecule is CC1C2CC34COC(=O)C3=CC3OC3C4C13CC(c1ccoc1)OC3O2. The van der Waals surface area contributed by atoms with Crippen molar-refractivity contribution < 1.29 is 28.2 Å². The van der Waals surface area contributed by atoms with Gasteiger partial charge in [0.2, 0.25) is 0 Å². The van der Waals surface area contributed by atoms with Crippen molar-refractivity contribution in [2.24, 2.45) is 22.7 Å². The van der Waals surface area contributed by atoms with Crippen LogP contribution in [0.5, 0.6) is 0 Å². The van der Waals surface area contributed by atoms with Crippen molar-refractivity contribution in [2.45, 2.75) is 50.5 Å². The molecule has 1 aromatic heterocycles. The highest BCUT2D eigenvalue weighted by Crippen LogP contribution is 2.74. The van der Waals surface area contributed by atoms with Crippen LogP contribution in [0.25, 0.3) is 0 Å². The largest absolute Gasteiger partial charge is 0.472 e.